The van der Waals surface area contributed by atoms with Gasteiger partial charge in [-0.25, -0.2) is 8.42 Å². The fraction of sp³-hybridized carbons (Fsp3) is 0.375. The molecule has 1 aliphatic rings. The third kappa shape index (κ3) is 3.73. The van der Waals surface area contributed by atoms with E-state index in [1.807, 2.05) is 4.90 Å². The molecule has 1 N–H and O–H groups in total. The van der Waals surface area contributed by atoms with E-state index in [2.05, 4.69) is 5.10 Å². The van der Waals surface area contributed by atoms with Gasteiger partial charge in [0, 0.05) is 49.0 Å². The molecule has 0 bridgehead atoms. The maximum absolute atomic E-state index is 12.7. The van der Waals surface area contributed by atoms with E-state index in [0.29, 0.717) is 30.2 Å². The number of carbonyl (C=O) groups is 1. The van der Waals surface area contributed by atoms with E-state index in [1.165, 1.54) is 24.0 Å². The van der Waals surface area contributed by atoms with E-state index < -0.39 is 21.2 Å². The first-order valence-corrected chi connectivity index (χ1v) is 10.5. The van der Waals surface area contributed by atoms with Gasteiger partial charge < -0.3 is 5.10 Å². The first kappa shape index (κ1) is 19.2. The SMILES string of the molecule is Cn1[nH]cc(C(=O)c2ccc(Cl)c(CN3CCS(=O)(=O)CC3)c2Cl)c1=O. The molecule has 2 aromatic rings. The highest BCUT2D eigenvalue weighted by molar-refractivity contribution is 7.91. The number of nitrogens with zero attached hydrogens (tertiary/aromatic N) is 2. The first-order valence-electron chi connectivity index (χ1n) is 7.88. The number of rotatable bonds is 4. The molecule has 10 heteroatoms. The van der Waals surface area contributed by atoms with Crippen molar-refractivity contribution in [3.8, 4) is 0 Å². The number of sulfone groups is 1. The summed E-state index contributed by atoms with van der Waals surface area (Å²) in [5.41, 5.74) is 0.286. The lowest BCUT2D eigenvalue weighted by Gasteiger charge is -2.27. The molecule has 1 saturated heterocycles. The molecule has 0 radical (unpaired) electrons. The normalized spacial score (nSPS) is 17.3. The Balaban J connectivity index is 1.91. The Morgan fingerprint density at radius 2 is 1.85 bits per heavy atom. The van der Waals surface area contributed by atoms with E-state index in [0.717, 1.165) is 0 Å². The molecule has 0 unspecified atom stereocenters. The molecule has 3 rings (SSSR count). The quantitative estimate of drug-likeness (QED) is 0.760. The van der Waals surface area contributed by atoms with Gasteiger partial charge in [0.15, 0.2) is 9.84 Å². The first-order chi connectivity index (χ1) is 12.2. The largest absolute Gasteiger partial charge is 0.302 e. The van der Waals surface area contributed by atoms with Crippen LogP contribution in [0.5, 0.6) is 0 Å². The van der Waals surface area contributed by atoms with Crippen molar-refractivity contribution in [3.63, 3.8) is 0 Å². The van der Waals surface area contributed by atoms with Crippen molar-refractivity contribution in [1.29, 1.82) is 0 Å². The van der Waals surface area contributed by atoms with Crippen LogP contribution in [0, 0.1) is 0 Å². The minimum atomic E-state index is -2.99. The van der Waals surface area contributed by atoms with Gasteiger partial charge in [-0.2, -0.15) is 0 Å². The van der Waals surface area contributed by atoms with Gasteiger partial charge in [-0.3, -0.25) is 19.2 Å². The molecular weight excluding hydrogens is 401 g/mol. The monoisotopic (exact) mass is 417 g/mol. The minimum absolute atomic E-state index is 0.00765. The highest BCUT2D eigenvalue weighted by Gasteiger charge is 2.25. The number of benzene rings is 1. The van der Waals surface area contributed by atoms with E-state index >= 15 is 0 Å². The van der Waals surface area contributed by atoms with Gasteiger partial charge in [0.1, 0.15) is 5.56 Å². The Kier molecular flexibility index (Phi) is 5.30. The van der Waals surface area contributed by atoms with Crippen LogP contribution in [0.3, 0.4) is 0 Å². The van der Waals surface area contributed by atoms with E-state index in [1.54, 1.807) is 6.07 Å². The summed E-state index contributed by atoms with van der Waals surface area (Å²) in [6.07, 6.45) is 1.34. The number of hydrogen-bond acceptors (Lipinski definition) is 5. The van der Waals surface area contributed by atoms with Crippen LogP contribution in [-0.2, 0) is 23.4 Å². The summed E-state index contributed by atoms with van der Waals surface area (Å²) in [5, 5.41) is 3.23. The van der Waals surface area contributed by atoms with Crippen molar-refractivity contribution < 1.29 is 13.2 Å². The number of hydrogen-bond donors (Lipinski definition) is 1. The van der Waals surface area contributed by atoms with Crippen molar-refractivity contribution in [2.75, 3.05) is 24.6 Å². The highest BCUT2D eigenvalue weighted by Crippen LogP contribution is 2.31. The number of aromatic amines is 1. The lowest BCUT2D eigenvalue weighted by Crippen LogP contribution is -2.39. The van der Waals surface area contributed by atoms with Crippen LogP contribution < -0.4 is 5.56 Å². The van der Waals surface area contributed by atoms with Crippen LogP contribution >= 0.6 is 23.2 Å². The number of ketones is 1. The lowest BCUT2D eigenvalue weighted by atomic mass is 10.0. The topological polar surface area (TPSA) is 92.2 Å². The zero-order chi connectivity index (χ0) is 19.1. The standard InChI is InChI=1S/C16H17Cl2N3O4S/c1-20-16(23)11(8-19-20)15(22)10-2-3-13(17)12(14(10)18)9-21-4-6-26(24,25)7-5-21/h2-3,8,19H,4-7,9H2,1H3. The van der Waals surface area contributed by atoms with Gasteiger partial charge >= 0.3 is 0 Å². The second kappa shape index (κ2) is 7.19. The van der Waals surface area contributed by atoms with Gasteiger partial charge in [-0.05, 0) is 12.1 Å². The molecular formula is C16H17Cl2N3O4S. The van der Waals surface area contributed by atoms with E-state index in [-0.39, 0.29) is 27.7 Å². The molecule has 0 atom stereocenters. The molecule has 0 amide bonds. The third-order valence-electron chi connectivity index (χ3n) is 4.43. The fourth-order valence-electron chi connectivity index (χ4n) is 2.82. The van der Waals surface area contributed by atoms with Gasteiger partial charge in [0.05, 0.1) is 16.5 Å². The second-order valence-corrected chi connectivity index (χ2v) is 9.28. The molecule has 26 heavy (non-hydrogen) atoms. The summed E-state index contributed by atoms with van der Waals surface area (Å²) in [6, 6.07) is 3.05. The predicted molar refractivity (Wildman–Crippen MR) is 99.9 cm³/mol. The number of aryl methyl sites for hydroxylation is 1. The van der Waals surface area contributed by atoms with E-state index in [4.69, 9.17) is 23.2 Å². The molecule has 1 fully saturated rings. The van der Waals surface area contributed by atoms with Crippen molar-refractivity contribution in [2.45, 2.75) is 6.54 Å². The second-order valence-electron chi connectivity index (χ2n) is 6.20. The minimum Gasteiger partial charge on any atom is -0.302 e. The van der Waals surface area contributed by atoms with Crippen LogP contribution in [0.25, 0.3) is 0 Å². The smallest absolute Gasteiger partial charge is 0.277 e. The maximum Gasteiger partial charge on any atom is 0.277 e. The zero-order valence-electron chi connectivity index (χ0n) is 14.0. The fourth-order valence-corrected chi connectivity index (χ4v) is 4.67. The Morgan fingerprint density at radius 1 is 1.19 bits per heavy atom. The highest BCUT2D eigenvalue weighted by atomic mass is 35.5. The molecule has 1 aliphatic heterocycles. The predicted octanol–water partition coefficient (Wildman–Crippen LogP) is 1.48. The van der Waals surface area contributed by atoms with Gasteiger partial charge in [0.25, 0.3) is 5.56 Å². The Morgan fingerprint density at radius 3 is 2.42 bits per heavy atom. The van der Waals surface area contributed by atoms with Crippen molar-refractivity contribution in [2.24, 2.45) is 7.05 Å². The summed E-state index contributed by atoms with van der Waals surface area (Å²) in [7, 11) is -1.48. The Hall–Kier alpha value is -1.61. The Labute approximate surface area is 160 Å². The molecule has 1 aromatic heterocycles. The lowest BCUT2D eigenvalue weighted by molar-refractivity contribution is 0.103. The number of halogens is 2. The molecule has 0 spiro atoms. The molecule has 0 aliphatic carbocycles. The van der Waals surface area contributed by atoms with Crippen LogP contribution in [0.1, 0.15) is 21.5 Å². The van der Waals surface area contributed by atoms with Crippen molar-refractivity contribution in [1.82, 2.24) is 14.7 Å². The summed E-state index contributed by atoms with van der Waals surface area (Å²) >= 11 is 12.7. The number of nitrogens with one attached hydrogen (secondary N) is 1. The maximum atomic E-state index is 12.7. The molecule has 2 heterocycles. The summed E-state index contributed by atoms with van der Waals surface area (Å²) in [4.78, 5) is 26.6. The van der Waals surface area contributed by atoms with E-state index in [9.17, 15) is 18.0 Å². The molecule has 7 nitrogen and oxygen atoms in total. The third-order valence-corrected chi connectivity index (χ3v) is 6.83. The molecule has 140 valence electrons. The Bertz CT molecular complexity index is 1010. The number of carbonyl (C=O) groups excluding carboxylic acids is 1. The molecule has 0 saturated carbocycles. The van der Waals surface area contributed by atoms with Gasteiger partial charge in [-0.1, -0.05) is 23.2 Å². The van der Waals surface area contributed by atoms with Crippen LogP contribution in [0.4, 0.5) is 0 Å². The summed E-state index contributed by atoms with van der Waals surface area (Å²) < 4.78 is 24.3. The summed E-state index contributed by atoms with van der Waals surface area (Å²) in [6.45, 7) is 1.09. The van der Waals surface area contributed by atoms with Crippen LogP contribution in [0.15, 0.2) is 23.1 Å². The average molecular weight is 418 g/mol. The van der Waals surface area contributed by atoms with Crippen LogP contribution in [0.2, 0.25) is 10.0 Å². The average Bonchev–Trinajstić information content (AvgIpc) is 2.92. The molecule has 1 aromatic carbocycles. The van der Waals surface area contributed by atoms with Gasteiger partial charge in [0.2, 0.25) is 5.78 Å². The van der Waals surface area contributed by atoms with Crippen molar-refractivity contribution in [3.05, 3.63) is 55.4 Å². The summed E-state index contributed by atoms with van der Waals surface area (Å²) in [5.74, 6) is -0.323. The van der Waals surface area contributed by atoms with Crippen LogP contribution in [-0.4, -0.2) is 53.5 Å². The number of H-pyrrole nitrogens is 1. The zero-order valence-corrected chi connectivity index (χ0v) is 16.3. The number of aromatic nitrogens is 2. The van der Waals surface area contributed by atoms with Crippen molar-refractivity contribution >= 4 is 38.8 Å². The van der Waals surface area contributed by atoms with Gasteiger partial charge in [-0.15, -0.1) is 0 Å².